The Labute approximate surface area is 118 Å². The Morgan fingerprint density at radius 1 is 1.05 bits per heavy atom. The number of benzene rings is 2. The summed E-state index contributed by atoms with van der Waals surface area (Å²) in [4.78, 5) is 0. The highest BCUT2D eigenvalue weighted by atomic mass is 19.1. The fourth-order valence-corrected chi connectivity index (χ4v) is 2.16. The maximum absolute atomic E-state index is 13.0. The quantitative estimate of drug-likeness (QED) is 0.917. The number of rotatable bonds is 4. The molecule has 2 aromatic carbocycles. The molecule has 0 spiro atoms. The van der Waals surface area contributed by atoms with Crippen molar-refractivity contribution < 1.29 is 14.2 Å². The van der Waals surface area contributed by atoms with Crippen LogP contribution in [-0.4, -0.2) is 11.2 Å². The Kier molecular flexibility index (Phi) is 4.09. The molecule has 2 rings (SSSR count). The molecule has 106 valence electrons. The SMILES string of the molecule is CC(C)Oc1ccccc1C(C)(O)c1ccc(F)cc1. The largest absolute Gasteiger partial charge is 0.491 e. The summed E-state index contributed by atoms with van der Waals surface area (Å²) in [6.07, 6.45) is 0.0140. The third kappa shape index (κ3) is 2.99. The second-order valence-corrected chi connectivity index (χ2v) is 5.24. The van der Waals surface area contributed by atoms with Crippen LogP contribution in [0.15, 0.2) is 48.5 Å². The molecule has 0 fully saturated rings. The Morgan fingerprint density at radius 2 is 1.65 bits per heavy atom. The number of hydrogen-bond donors (Lipinski definition) is 1. The van der Waals surface area contributed by atoms with Crippen molar-refractivity contribution in [3.8, 4) is 5.75 Å². The second-order valence-electron chi connectivity index (χ2n) is 5.24. The van der Waals surface area contributed by atoms with E-state index in [0.717, 1.165) is 0 Å². The van der Waals surface area contributed by atoms with Gasteiger partial charge >= 0.3 is 0 Å². The predicted molar refractivity (Wildman–Crippen MR) is 77.3 cm³/mol. The fourth-order valence-electron chi connectivity index (χ4n) is 2.16. The molecule has 0 radical (unpaired) electrons. The van der Waals surface area contributed by atoms with E-state index in [2.05, 4.69) is 0 Å². The summed E-state index contributed by atoms with van der Waals surface area (Å²) in [5.41, 5.74) is 0.0538. The number of ether oxygens (including phenoxy) is 1. The van der Waals surface area contributed by atoms with Gasteiger partial charge < -0.3 is 9.84 Å². The van der Waals surface area contributed by atoms with E-state index >= 15 is 0 Å². The standard InChI is InChI=1S/C17H19FO2/c1-12(2)20-16-7-5-4-6-15(16)17(3,19)13-8-10-14(18)11-9-13/h4-12,19H,1-3H3. The zero-order valence-corrected chi connectivity index (χ0v) is 11.9. The van der Waals surface area contributed by atoms with Gasteiger partial charge in [0.15, 0.2) is 0 Å². The highest BCUT2D eigenvalue weighted by Crippen LogP contribution is 2.35. The summed E-state index contributed by atoms with van der Waals surface area (Å²) < 4.78 is 18.8. The first-order chi connectivity index (χ1) is 9.41. The van der Waals surface area contributed by atoms with Gasteiger partial charge in [-0.15, -0.1) is 0 Å². The zero-order valence-electron chi connectivity index (χ0n) is 11.9. The minimum absolute atomic E-state index is 0.0140. The van der Waals surface area contributed by atoms with Gasteiger partial charge in [0, 0.05) is 5.56 Å². The molecule has 1 atom stereocenters. The van der Waals surface area contributed by atoms with E-state index in [0.29, 0.717) is 16.9 Å². The van der Waals surface area contributed by atoms with Crippen LogP contribution in [-0.2, 0) is 5.60 Å². The highest BCUT2D eigenvalue weighted by Gasteiger charge is 2.29. The summed E-state index contributed by atoms with van der Waals surface area (Å²) in [5.74, 6) is 0.313. The van der Waals surface area contributed by atoms with E-state index < -0.39 is 5.60 Å². The van der Waals surface area contributed by atoms with Crippen molar-refractivity contribution in [3.63, 3.8) is 0 Å². The lowest BCUT2D eigenvalue weighted by molar-refractivity contribution is 0.0957. The minimum Gasteiger partial charge on any atom is -0.491 e. The molecule has 0 aliphatic carbocycles. The van der Waals surface area contributed by atoms with E-state index in [4.69, 9.17) is 4.74 Å². The third-order valence-corrected chi connectivity index (χ3v) is 3.18. The van der Waals surface area contributed by atoms with E-state index in [1.54, 1.807) is 19.1 Å². The van der Waals surface area contributed by atoms with Crippen LogP contribution in [0.25, 0.3) is 0 Å². The van der Waals surface area contributed by atoms with Crippen LogP contribution in [0.1, 0.15) is 31.9 Å². The van der Waals surface area contributed by atoms with Gasteiger partial charge in [0.05, 0.1) is 6.10 Å². The molecule has 1 unspecified atom stereocenters. The fraction of sp³-hybridized carbons (Fsp3) is 0.294. The maximum atomic E-state index is 13.0. The van der Waals surface area contributed by atoms with Crippen LogP contribution in [0.4, 0.5) is 4.39 Å². The first-order valence-corrected chi connectivity index (χ1v) is 6.66. The van der Waals surface area contributed by atoms with Gasteiger partial charge in [0.1, 0.15) is 17.2 Å². The van der Waals surface area contributed by atoms with Gasteiger partial charge in [-0.3, -0.25) is 0 Å². The molecule has 0 bridgehead atoms. The summed E-state index contributed by atoms with van der Waals surface area (Å²) in [7, 11) is 0. The lowest BCUT2D eigenvalue weighted by atomic mass is 9.87. The van der Waals surface area contributed by atoms with E-state index in [1.807, 2.05) is 38.1 Å². The third-order valence-electron chi connectivity index (χ3n) is 3.18. The van der Waals surface area contributed by atoms with Crippen LogP contribution in [0.5, 0.6) is 5.75 Å². The average Bonchev–Trinajstić information content (AvgIpc) is 2.39. The zero-order chi connectivity index (χ0) is 14.8. The van der Waals surface area contributed by atoms with Crippen LogP contribution >= 0.6 is 0 Å². The maximum Gasteiger partial charge on any atom is 0.126 e. The normalized spacial score (nSPS) is 14.1. The van der Waals surface area contributed by atoms with Crippen molar-refractivity contribution in [2.75, 3.05) is 0 Å². The van der Waals surface area contributed by atoms with Crippen LogP contribution in [0.3, 0.4) is 0 Å². The molecule has 0 aromatic heterocycles. The van der Waals surface area contributed by atoms with E-state index in [-0.39, 0.29) is 11.9 Å². The highest BCUT2D eigenvalue weighted by molar-refractivity contribution is 5.44. The van der Waals surface area contributed by atoms with Gasteiger partial charge in [0.2, 0.25) is 0 Å². The van der Waals surface area contributed by atoms with Crippen molar-refractivity contribution >= 4 is 0 Å². The van der Waals surface area contributed by atoms with Gasteiger partial charge in [-0.25, -0.2) is 4.39 Å². The molecule has 0 saturated carbocycles. The molecule has 0 amide bonds. The summed E-state index contributed by atoms with van der Waals surface area (Å²) in [6, 6.07) is 13.2. The van der Waals surface area contributed by atoms with Gasteiger partial charge in [-0.2, -0.15) is 0 Å². The Balaban J connectivity index is 2.45. The lowest BCUT2D eigenvalue weighted by Crippen LogP contribution is -2.24. The van der Waals surface area contributed by atoms with Gasteiger partial charge in [-0.1, -0.05) is 30.3 Å². The number of para-hydroxylation sites is 1. The molecule has 0 aliphatic rings. The van der Waals surface area contributed by atoms with Gasteiger partial charge in [0.25, 0.3) is 0 Å². The van der Waals surface area contributed by atoms with E-state index in [1.165, 1.54) is 12.1 Å². The average molecular weight is 274 g/mol. The Bertz CT molecular complexity index is 574. The second kappa shape index (κ2) is 5.63. The number of halogens is 1. The van der Waals surface area contributed by atoms with Crippen LogP contribution in [0, 0.1) is 5.82 Å². The Hall–Kier alpha value is -1.87. The minimum atomic E-state index is -1.24. The first kappa shape index (κ1) is 14.5. The number of aliphatic hydroxyl groups is 1. The molecule has 0 heterocycles. The van der Waals surface area contributed by atoms with Crippen molar-refractivity contribution in [2.24, 2.45) is 0 Å². The summed E-state index contributed by atoms with van der Waals surface area (Å²) in [5, 5.41) is 10.8. The van der Waals surface area contributed by atoms with Gasteiger partial charge in [-0.05, 0) is 44.5 Å². The van der Waals surface area contributed by atoms with Crippen molar-refractivity contribution in [2.45, 2.75) is 32.5 Å². The first-order valence-electron chi connectivity index (χ1n) is 6.66. The molecule has 0 saturated heterocycles. The van der Waals surface area contributed by atoms with Crippen molar-refractivity contribution in [3.05, 3.63) is 65.5 Å². The summed E-state index contributed by atoms with van der Waals surface area (Å²) in [6.45, 7) is 5.55. The Morgan fingerprint density at radius 3 is 2.25 bits per heavy atom. The van der Waals surface area contributed by atoms with E-state index in [9.17, 15) is 9.50 Å². The monoisotopic (exact) mass is 274 g/mol. The predicted octanol–water partition coefficient (Wildman–Crippen LogP) is 3.87. The lowest BCUT2D eigenvalue weighted by Gasteiger charge is -2.27. The molecule has 2 nitrogen and oxygen atoms in total. The van der Waals surface area contributed by atoms with Crippen molar-refractivity contribution in [1.82, 2.24) is 0 Å². The molecular formula is C17H19FO2. The molecule has 0 aliphatic heterocycles. The molecule has 2 aromatic rings. The number of hydrogen-bond acceptors (Lipinski definition) is 2. The van der Waals surface area contributed by atoms with Crippen molar-refractivity contribution in [1.29, 1.82) is 0 Å². The van der Waals surface area contributed by atoms with Crippen LogP contribution < -0.4 is 4.74 Å². The molecule has 1 N–H and O–H groups in total. The topological polar surface area (TPSA) is 29.5 Å². The molecule has 20 heavy (non-hydrogen) atoms. The smallest absolute Gasteiger partial charge is 0.126 e. The summed E-state index contributed by atoms with van der Waals surface area (Å²) >= 11 is 0. The molecular weight excluding hydrogens is 255 g/mol. The van der Waals surface area contributed by atoms with Crippen LogP contribution in [0.2, 0.25) is 0 Å². The molecule has 3 heteroatoms.